The lowest BCUT2D eigenvalue weighted by molar-refractivity contribution is 0.0922. The van der Waals surface area contributed by atoms with Gasteiger partial charge in [0.2, 0.25) is 5.88 Å². The number of furan rings is 1. The first kappa shape index (κ1) is 18.7. The van der Waals surface area contributed by atoms with E-state index in [0.717, 1.165) is 5.56 Å². The number of amides is 1. The minimum atomic E-state index is -0.348. The van der Waals surface area contributed by atoms with Crippen LogP contribution in [0.15, 0.2) is 40.9 Å². The van der Waals surface area contributed by atoms with Gasteiger partial charge in [-0.15, -0.1) is 0 Å². The van der Waals surface area contributed by atoms with Crippen molar-refractivity contribution in [1.82, 2.24) is 10.3 Å². The van der Waals surface area contributed by atoms with Crippen LogP contribution in [-0.4, -0.2) is 35.8 Å². The highest BCUT2D eigenvalue weighted by atomic mass is 16.5. The highest BCUT2D eigenvalue weighted by molar-refractivity contribution is 6.07. The smallest absolute Gasteiger partial charge is 0.255 e. The molecule has 0 aliphatic rings. The third-order valence-electron chi connectivity index (χ3n) is 4.15. The molecular weight excluding hydrogens is 348 g/mol. The number of rotatable bonds is 7. The summed E-state index contributed by atoms with van der Waals surface area (Å²) in [6, 6.07) is 8.67. The van der Waals surface area contributed by atoms with Crippen molar-refractivity contribution in [3.8, 4) is 11.6 Å². The van der Waals surface area contributed by atoms with Gasteiger partial charge in [0.05, 0.1) is 24.8 Å². The minimum Gasteiger partial charge on any atom is -0.489 e. The van der Waals surface area contributed by atoms with E-state index in [9.17, 15) is 4.79 Å². The summed E-state index contributed by atoms with van der Waals surface area (Å²) < 4.78 is 16.8. The van der Waals surface area contributed by atoms with Gasteiger partial charge in [0, 0.05) is 17.6 Å². The number of aliphatic hydroxyl groups is 1. The average Bonchev–Trinajstić information content (AvgIpc) is 3.01. The normalized spacial score (nSPS) is 12.0. The number of pyridine rings is 1. The van der Waals surface area contributed by atoms with Crippen LogP contribution < -0.4 is 14.8 Å². The molecule has 3 rings (SSSR count). The third-order valence-corrected chi connectivity index (χ3v) is 4.15. The maximum atomic E-state index is 12.5. The maximum Gasteiger partial charge on any atom is 0.255 e. The number of aliphatic hydroxyl groups excluding tert-OH is 1. The van der Waals surface area contributed by atoms with Gasteiger partial charge in [-0.2, -0.15) is 0 Å². The fraction of sp³-hybridized carbons (Fsp3) is 0.300. The Kier molecular flexibility index (Phi) is 5.61. The first-order chi connectivity index (χ1) is 13.0. The predicted octanol–water partition coefficient (Wildman–Crippen LogP) is 2.83. The monoisotopic (exact) mass is 370 g/mol. The molecule has 7 heteroatoms. The molecular formula is C20H22N2O5. The lowest BCUT2D eigenvalue weighted by Crippen LogP contribution is -2.35. The summed E-state index contributed by atoms with van der Waals surface area (Å²) in [5.74, 6) is 1.33. The number of aromatic nitrogens is 1. The lowest BCUT2D eigenvalue weighted by Gasteiger charge is -2.11. The van der Waals surface area contributed by atoms with Crippen molar-refractivity contribution >= 4 is 16.9 Å². The Morgan fingerprint density at radius 3 is 2.93 bits per heavy atom. The maximum absolute atomic E-state index is 12.5. The fourth-order valence-corrected chi connectivity index (χ4v) is 2.79. The second-order valence-corrected chi connectivity index (χ2v) is 6.21. The Morgan fingerprint density at radius 1 is 1.37 bits per heavy atom. The number of nitrogens with one attached hydrogen (secondary N) is 1. The number of ether oxygens (including phenoxy) is 2. The first-order valence-electron chi connectivity index (χ1n) is 8.59. The number of methoxy groups -OCH3 is 1. The molecule has 1 atom stereocenters. The number of hydrogen-bond acceptors (Lipinski definition) is 6. The van der Waals surface area contributed by atoms with Crippen molar-refractivity contribution in [3.63, 3.8) is 0 Å². The zero-order valence-corrected chi connectivity index (χ0v) is 15.5. The van der Waals surface area contributed by atoms with Gasteiger partial charge in [0.15, 0.2) is 0 Å². The summed E-state index contributed by atoms with van der Waals surface area (Å²) in [5, 5.41) is 12.6. The molecule has 2 heterocycles. The molecule has 2 aromatic heterocycles. The molecule has 3 aromatic rings. The quantitative estimate of drug-likeness (QED) is 0.664. The van der Waals surface area contributed by atoms with Crippen molar-refractivity contribution in [3.05, 3.63) is 53.4 Å². The largest absolute Gasteiger partial charge is 0.489 e. The molecule has 0 aliphatic carbocycles. The van der Waals surface area contributed by atoms with E-state index in [4.69, 9.17) is 19.0 Å². The summed E-state index contributed by atoms with van der Waals surface area (Å²) >= 11 is 0. The molecule has 1 aromatic carbocycles. The van der Waals surface area contributed by atoms with E-state index < -0.39 is 0 Å². The van der Waals surface area contributed by atoms with E-state index in [0.29, 0.717) is 33.9 Å². The Balaban J connectivity index is 1.86. The molecule has 0 bridgehead atoms. The van der Waals surface area contributed by atoms with E-state index in [1.165, 1.54) is 0 Å². The molecule has 142 valence electrons. The molecule has 0 saturated carbocycles. The Morgan fingerprint density at radius 2 is 2.19 bits per heavy atom. The second-order valence-electron chi connectivity index (χ2n) is 6.21. The zero-order chi connectivity index (χ0) is 19.4. The number of benzene rings is 1. The SMILES string of the molecule is COc1ncccc1COc1ccc2oc(C)c(C(=O)NC(C)CO)c2c1. The Hall–Kier alpha value is -3.06. The number of aryl methyl sites for hydroxylation is 1. The highest BCUT2D eigenvalue weighted by Gasteiger charge is 2.20. The number of fused-ring (bicyclic) bond motifs is 1. The topological polar surface area (TPSA) is 93.8 Å². The summed E-state index contributed by atoms with van der Waals surface area (Å²) in [6.07, 6.45) is 1.65. The predicted molar refractivity (Wildman–Crippen MR) is 100 cm³/mol. The van der Waals surface area contributed by atoms with Crippen LogP contribution in [0, 0.1) is 6.92 Å². The molecule has 1 unspecified atom stereocenters. The molecule has 0 aliphatic heterocycles. The molecule has 0 saturated heterocycles. The number of carbonyl (C=O) groups is 1. The molecule has 2 N–H and O–H groups in total. The molecule has 0 radical (unpaired) electrons. The van der Waals surface area contributed by atoms with E-state index in [1.807, 2.05) is 12.1 Å². The van der Waals surface area contributed by atoms with Gasteiger partial charge in [-0.25, -0.2) is 4.98 Å². The first-order valence-corrected chi connectivity index (χ1v) is 8.59. The molecule has 0 spiro atoms. The van der Waals surface area contributed by atoms with Gasteiger partial charge in [0.1, 0.15) is 23.7 Å². The number of carbonyl (C=O) groups excluding carboxylic acids is 1. The van der Waals surface area contributed by atoms with Crippen molar-refractivity contribution in [2.45, 2.75) is 26.5 Å². The molecule has 0 fully saturated rings. The molecule has 27 heavy (non-hydrogen) atoms. The second kappa shape index (κ2) is 8.09. The highest BCUT2D eigenvalue weighted by Crippen LogP contribution is 2.30. The summed E-state index contributed by atoms with van der Waals surface area (Å²) in [7, 11) is 1.56. The van der Waals surface area contributed by atoms with Crippen LogP contribution in [0.2, 0.25) is 0 Å². The van der Waals surface area contributed by atoms with Crippen LogP contribution in [-0.2, 0) is 6.61 Å². The van der Waals surface area contributed by atoms with Gasteiger partial charge in [0.25, 0.3) is 5.91 Å². The van der Waals surface area contributed by atoms with E-state index in [-0.39, 0.29) is 25.2 Å². The van der Waals surface area contributed by atoms with Crippen LogP contribution in [0.25, 0.3) is 11.0 Å². The minimum absolute atomic E-state index is 0.137. The van der Waals surface area contributed by atoms with Crippen LogP contribution in [0.5, 0.6) is 11.6 Å². The van der Waals surface area contributed by atoms with Crippen molar-refractivity contribution in [2.75, 3.05) is 13.7 Å². The van der Waals surface area contributed by atoms with E-state index in [1.54, 1.807) is 45.4 Å². The van der Waals surface area contributed by atoms with Crippen LogP contribution in [0.3, 0.4) is 0 Å². The molecule has 7 nitrogen and oxygen atoms in total. The van der Waals surface area contributed by atoms with Crippen LogP contribution in [0.4, 0.5) is 0 Å². The summed E-state index contributed by atoms with van der Waals surface area (Å²) in [4.78, 5) is 16.7. The van der Waals surface area contributed by atoms with Crippen molar-refractivity contribution in [2.24, 2.45) is 0 Å². The van der Waals surface area contributed by atoms with Crippen LogP contribution in [0.1, 0.15) is 28.6 Å². The fourth-order valence-electron chi connectivity index (χ4n) is 2.79. The lowest BCUT2D eigenvalue weighted by atomic mass is 10.1. The van der Waals surface area contributed by atoms with Crippen molar-refractivity contribution in [1.29, 1.82) is 0 Å². The average molecular weight is 370 g/mol. The van der Waals surface area contributed by atoms with Gasteiger partial charge < -0.3 is 24.3 Å². The Labute approximate surface area is 156 Å². The van der Waals surface area contributed by atoms with Crippen molar-refractivity contribution < 1.29 is 23.8 Å². The summed E-state index contributed by atoms with van der Waals surface area (Å²) in [5.41, 5.74) is 1.86. The zero-order valence-electron chi connectivity index (χ0n) is 15.5. The van der Waals surface area contributed by atoms with Gasteiger partial charge in [-0.3, -0.25) is 4.79 Å². The van der Waals surface area contributed by atoms with E-state index >= 15 is 0 Å². The van der Waals surface area contributed by atoms with Crippen LogP contribution >= 0.6 is 0 Å². The number of hydrogen-bond donors (Lipinski definition) is 2. The number of nitrogens with zero attached hydrogens (tertiary/aromatic N) is 1. The molecule has 1 amide bonds. The third kappa shape index (κ3) is 4.03. The standard InChI is InChI=1S/C20H22N2O5/c1-12(10-23)22-19(24)18-13(2)27-17-7-6-15(9-16(17)18)26-11-14-5-4-8-21-20(14)25-3/h4-9,12,23H,10-11H2,1-3H3,(H,22,24). The van der Waals surface area contributed by atoms with Gasteiger partial charge in [-0.1, -0.05) is 0 Å². The summed E-state index contributed by atoms with van der Waals surface area (Å²) in [6.45, 7) is 3.61. The van der Waals surface area contributed by atoms with Gasteiger partial charge in [-0.05, 0) is 44.2 Å². The van der Waals surface area contributed by atoms with Gasteiger partial charge >= 0.3 is 0 Å². The van der Waals surface area contributed by atoms with E-state index in [2.05, 4.69) is 10.3 Å². The Bertz CT molecular complexity index is 951.